The predicted molar refractivity (Wildman–Crippen MR) is 107 cm³/mol. The van der Waals surface area contributed by atoms with Crippen LogP contribution in [0.5, 0.6) is 0 Å². The Labute approximate surface area is 170 Å². The van der Waals surface area contributed by atoms with Gasteiger partial charge >= 0.3 is 5.97 Å². The molecule has 150 valence electrons. The molecular formula is C21H27N3O3S. The number of carbonyl (C=O) groups excluding carboxylic acids is 2. The number of aromatic nitrogens is 1. The molecule has 2 fully saturated rings. The van der Waals surface area contributed by atoms with Crippen molar-refractivity contribution in [3.8, 4) is 6.07 Å². The summed E-state index contributed by atoms with van der Waals surface area (Å²) in [4.78, 5) is 29.8. The molecule has 2 aliphatic rings. The van der Waals surface area contributed by atoms with Gasteiger partial charge in [-0.3, -0.25) is 4.79 Å². The topological polar surface area (TPSA) is 92.1 Å². The van der Waals surface area contributed by atoms with Crippen LogP contribution in [0.4, 0.5) is 0 Å². The zero-order chi connectivity index (χ0) is 20.3. The lowest BCUT2D eigenvalue weighted by Gasteiger charge is -2.30. The van der Waals surface area contributed by atoms with Crippen LogP contribution in [0.3, 0.4) is 0 Å². The van der Waals surface area contributed by atoms with E-state index in [1.54, 1.807) is 13.0 Å². The molecule has 2 saturated carbocycles. The van der Waals surface area contributed by atoms with Gasteiger partial charge in [0.1, 0.15) is 11.1 Å². The lowest BCUT2D eigenvalue weighted by molar-refractivity contribution is -0.130. The van der Waals surface area contributed by atoms with E-state index in [4.69, 9.17) is 4.74 Å². The molecular weight excluding hydrogens is 374 g/mol. The first-order chi connectivity index (χ1) is 13.4. The van der Waals surface area contributed by atoms with Crippen molar-refractivity contribution in [2.75, 3.05) is 6.26 Å². The molecule has 1 N–H and O–H groups in total. The van der Waals surface area contributed by atoms with Gasteiger partial charge in [0.2, 0.25) is 0 Å². The Balaban J connectivity index is 1.72. The Morgan fingerprint density at radius 1 is 1.32 bits per heavy atom. The number of nitrogens with zero attached hydrogens (tertiary/aromatic N) is 2. The molecule has 1 heterocycles. The van der Waals surface area contributed by atoms with Crippen molar-refractivity contribution >= 4 is 23.6 Å². The molecule has 0 saturated heterocycles. The molecule has 7 heteroatoms. The van der Waals surface area contributed by atoms with Crippen LogP contribution in [0.2, 0.25) is 0 Å². The number of hydrogen-bond donors (Lipinski definition) is 1. The number of nitriles is 1. The SMILES string of the molecule is CSc1nc(C2CC2)cc(C(=O)O[C@H](C)C(=O)N[C@H]2CCCC[C@H]2C)c1C#N. The lowest BCUT2D eigenvalue weighted by Crippen LogP contribution is -2.46. The van der Waals surface area contributed by atoms with E-state index in [1.807, 2.05) is 6.26 Å². The Morgan fingerprint density at radius 3 is 2.64 bits per heavy atom. The predicted octanol–water partition coefficient (Wildman–Crippen LogP) is 3.79. The third kappa shape index (κ3) is 4.67. The molecule has 3 rings (SSSR count). The van der Waals surface area contributed by atoms with Crippen LogP contribution >= 0.6 is 11.8 Å². The summed E-state index contributed by atoms with van der Waals surface area (Å²) in [6.07, 6.45) is 7.35. The molecule has 0 aromatic carbocycles. The van der Waals surface area contributed by atoms with Crippen LogP contribution in [0.15, 0.2) is 11.1 Å². The van der Waals surface area contributed by atoms with Crippen LogP contribution in [0, 0.1) is 17.2 Å². The van der Waals surface area contributed by atoms with Gasteiger partial charge in [-0.05, 0) is 50.8 Å². The fourth-order valence-corrected chi connectivity index (χ4v) is 4.21. The van der Waals surface area contributed by atoms with Crippen molar-refractivity contribution in [3.63, 3.8) is 0 Å². The van der Waals surface area contributed by atoms with Crippen LogP contribution in [-0.2, 0) is 9.53 Å². The van der Waals surface area contributed by atoms with Crippen LogP contribution in [0.1, 0.15) is 79.9 Å². The number of rotatable bonds is 6. The monoisotopic (exact) mass is 401 g/mol. The first kappa shape index (κ1) is 20.7. The summed E-state index contributed by atoms with van der Waals surface area (Å²) in [6, 6.07) is 3.86. The van der Waals surface area contributed by atoms with Crippen molar-refractivity contribution in [1.29, 1.82) is 5.26 Å². The maximum absolute atomic E-state index is 12.8. The number of hydrogen-bond acceptors (Lipinski definition) is 6. The van der Waals surface area contributed by atoms with Crippen molar-refractivity contribution in [2.24, 2.45) is 5.92 Å². The van der Waals surface area contributed by atoms with Gasteiger partial charge in [0, 0.05) is 17.7 Å². The van der Waals surface area contributed by atoms with E-state index in [1.165, 1.54) is 18.2 Å². The second kappa shape index (κ2) is 8.95. The minimum absolute atomic E-state index is 0.127. The quantitative estimate of drug-likeness (QED) is 0.576. The highest BCUT2D eigenvalue weighted by atomic mass is 32.2. The maximum atomic E-state index is 12.8. The van der Waals surface area contributed by atoms with E-state index in [0.717, 1.165) is 37.8 Å². The molecule has 2 aliphatic carbocycles. The average Bonchev–Trinajstić information content (AvgIpc) is 3.53. The van der Waals surface area contributed by atoms with Gasteiger partial charge in [0.05, 0.1) is 11.1 Å². The summed E-state index contributed by atoms with van der Waals surface area (Å²) >= 11 is 1.34. The number of carbonyl (C=O) groups is 2. The molecule has 28 heavy (non-hydrogen) atoms. The highest BCUT2D eigenvalue weighted by Gasteiger charge is 2.31. The van der Waals surface area contributed by atoms with E-state index in [0.29, 0.717) is 16.9 Å². The van der Waals surface area contributed by atoms with E-state index < -0.39 is 12.1 Å². The zero-order valence-corrected chi connectivity index (χ0v) is 17.5. The Morgan fingerprint density at radius 2 is 2.04 bits per heavy atom. The van der Waals surface area contributed by atoms with Gasteiger partial charge in [-0.25, -0.2) is 9.78 Å². The smallest absolute Gasteiger partial charge is 0.340 e. The van der Waals surface area contributed by atoms with E-state index >= 15 is 0 Å². The number of amides is 1. The van der Waals surface area contributed by atoms with Gasteiger partial charge in [-0.1, -0.05) is 19.8 Å². The van der Waals surface area contributed by atoms with Crippen molar-refractivity contribution in [1.82, 2.24) is 10.3 Å². The molecule has 0 radical (unpaired) electrons. The van der Waals surface area contributed by atoms with E-state index in [9.17, 15) is 14.9 Å². The summed E-state index contributed by atoms with van der Waals surface area (Å²) in [5, 5.41) is 13.1. The number of nitrogens with one attached hydrogen (secondary N) is 1. The van der Waals surface area contributed by atoms with Crippen LogP contribution < -0.4 is 5.32 Å². The highest BCUT2D eigenvalue weighted by Crippen LogP contribution is 2.40. The number of esters is 1. The summed E-state index contributed by atoms with van der Waals surface area (Å²) in [6.45, 7) is 3.71. The molecule has 1 aromatic rings. The molecule has 3 atom stereocenters. The van der Waals surface area contributed by atoms with Gasteiger partial charge in [0.15, 0.2) is 6.10 Å². The Hall–Kier alpha value is -2.07. The molecule has 0 spiro atoms. The van der Waals surface area contributed by atoms with Crippen molar-refractivity contribution in [2.45, 2.75) is 75.5 Å². The number of ether oxygens (including phenoxy) is 1. The molecule has 6 nitrogen and oxygen atoms in total. The number of pyridine rings is 1. The highest BCUT2D eigenvalue weighted by molar-refractivity contribution is 7.98. The van der Waals surface area contributed by atoms with E-state index in [-0.39, 0.29) is 23.1 Å². The standard InChI is InChI=1S/C21H27N3O3S/c1-12-6-4-5-7-17(12)23-19(25)13(2)27-21(26)15-10-18(14-8-9-14)24-20(28-3)16(15)11-22/h10,12-14,17H,4-9H2,1-3H3,(H,23,25)/t12-,13-,17+/m1/s1. The van der Waals surface area contributed by atoms with Crippen LogP contribution in [0.25, 0.3) is 0 Å². The van der Waals surface area contributed by atoms with Crippen LogP contribution in [-0.4, -0.2) is 35.3 Å². The summed E-state index contributed by atoms with van der Waals surface area (Å²) < 4.78 is 5.43. The Kier molecular flexibility index (Phi) is 6.61. The first-order valence-corrected chi connectivity index (χ1v) is 11.2. The minimum atomic E-state index is -0.913. The fraction of sp³-hybridized carbons (Fsp3) is 0.619. The van der Waals surface area contributed by atoms with E-state index in [2.05, 4.69) is 23.3 Å². The summed E-state index contributed by atoms with van der Waals surface area (Å²) in [5.74, 6) is -0.155. The third-order valence-corrected chi connectivity index (χ3v) is 6.30. The first-order valence-electron chi connectivity index (χ1n) is 9.95. The zero-order valence-electron chi connectivity index (χ0n) is 16.7. The molecule has 0 bridgehead atoms. The molecule has 0 unspecified atom stereocenters. The Bertz CT molecular complexity index is 801. The minimum Gasteiger partial charge on any atom is -0.449 e. The van der Waals surface area contributed by atoms with Gasteiger partial charge < -0.3 is 10.1 Å². The largest absolute Gasteiger partial charge is 0.449 e. The van der Waals surface area contributed by atoms with Gasteiger partial charge in [-0.2, -0.15) is 5.26 Å². The molecule has 1 amide bonds. The fourth-order valence-electron chi connectivity index (χ4n) is 3.65. The second-order valence-corrected chi connectivity index (χ2v) is 8.58. The summed E-state index contributed by atoms with van der Waals surface area (Å²) in [5.41, 5.74) is 1.24. The van der Waals surface area contributed by atoms with Gasteiger partial charge in [0.25, 0.3) is 5.91 Å². The molecule has 1 aromatic heterocycles. The number of thioether (sulfide) groups is 1. The lowest BCUT2D eigenvalue weighted by atomic mass is 9.86. The van der Waals surface area contributed by atoms with Gasteiger partial charge in [-0.15, -0.1) is 11.8 Å². The van der Waals surface area contributed by atoms with Crippen molar-refractivity contribution in [3.05, 3.63) is 22.9 Å². The second-order valence-electron chi connectivity index (χ2n) is 7.79. The maximum Gasteiger partial charge on any atom is 0.340 e. The molecule has 0 aliphatic heterocycles. The normalized spacial score (nSPS) is 22.8. The third-order valence-electron chi connectivity index (χ3n) is 5.62. The summed E-state index contributed by atoms with van der Waals surface area (Å²) in [7, 11) is 0. The van der Waals surface area contributed by atoms with Crippen molar-refractivity contribution < 1.29 is 14.3 Å². The average molecular weight is 402 g/mol.